The van der Waals surface area contributed by atoms with Crippen molar-refractivity contribution in [1.82, 2.24) is 4.90 Å². The predicted molar refractivity (Wildman–Crippen MR) is 80.4 cm³/mol. The Balaban J connectivity index is 1.98. The fraction of sp³-hybridized carbons (Fsp3) is 0.467. The SMILES string of the molecule is CC1C(=O)N2CCCCC2C(=O)N1c1cccc(Br)c1. The predicted octanol–water partition coefficient (Wildman–Crippen LogP) is 2.57. The van der Waals surface area contributed by atoms with Crippen LogP contribution in [0.25, 0.3) is 0 Å². The summed E-state index contributed by atoms with van der Waals surface area (Å²) in [7, 11) is 0. The van der Waals surface area contributed by atoms with Gasteiger partial charge in [0.25, 0.3) is 5.91 Å². The number of fused-ring (bicyclic) bond motifs is 1. The van der Waals surface area contributed by atoms with E-state index in [-0.39, 0.29) is 17.9 Å². The lowest BCUT2D eigenvalue weighted by molar-refractivity contribution is -0.147. The van der Waals surface area contributed by atoms with Gasteiger partial charge in [0, 0.05) is 16.7 Å². The van der Waals surface area contributed by atoms with Gasteiger partial charge in [0.05, 0.1) is 0 Å². The van der Waals surface area contributed by atoms with Crippen LogP contribution in [-0.2, 0) is 9.59 Å². The quantitative estimate of drug-likeness (QED) is 0.790. The summed E-state index contributed by atoms with van der Waals surface area (Å²) in [6.45, 7) is 2.53. The molecule has 0 saturated carbocycles. The Labute approximate surface area is 126 Å². The second-order valence-electron chi connectivity index (χ2n) is 5.41. The van der Waals surface area contributed by atoms with Crippen molar-refractivity contribution in [2.75, 3.05) is 11.4 Å². The van der Waals surface area contributed by atoms with Crippen LogP contribution in [0.4, 0.5) is 5.69 Å². The van der Waals surface area contributed by atoms with E-state index >= 15 is 0 Å². The molecule has 3 rings (SSSR count). The van der Waals surface area contributed by atoms with Crippen molar-refractivity contribution in [3.05, 3.63) is 28.7 Å². The molecule has 2 aliphatic heterocycles. The second-order valence-corrected chi connectivity index (χ2v) is 6.32. The molecule has 2 unspecified atom stereocenters. The molecule has 0 spiro atoms. The van der Waals surface area contributed by atoms with Gasteiger partial charge in [-0.05, 0) is 44.4 Å². The number of hydrogen-bond acceptors (Lipinski definition) is 2. The van der Waals surface area contributed by atoms with Crippen LogP contribution in [0.2, 0.25) is 0 Å². The molecular weight excluding hydrogens is 320 g/mol. The second kappa shape index (κ2) is 5.20. The number of piperazine rings is 1. The van der Waals surface area contributed by atoms with E-state index in [1.165, 1.54) is 0 Å². The van der Waals surface area contributed by atoms with Gasteiger partial charge in [0.1, 0.15) is 12.1 Å². The number of anilines is 1. The van der Waals surface area contributed by atoms with Crippen LogP contribution in [0.3, 0.4) is 0 Å². The van der Waals surface area contributed by atoms with E-state index in [2.05, 4.69) is 15.9 Å². The number of benzene rings is 1. The van der Waals surface area contributed by atoms with Crippen molar-refractivity contribution >= 4 is 33.4 Å². The maximum Gasteiger partial charge on any atom is 0.250 e. The minimum absolute atomic E-state index is 0.0508. The third kappa shape index (κ3) is 2.14. The van der Waals surface area contributed by atoms with Gasteiger partial charge >= 0.3 is 0 Å². The van der Waals surface area contributed by atoms with Crippen LogP contribution in [0.1, 0.15) is 26.2 Å². The lowest BCUT2D eigenvalue weighted by Crippen LogP contribution is -2.65. The van der Waals surface area contributed by atoms with Crippen LogP contribution < -0.4 is 4.90 Å². The normalized spacial score (nSPS) is 26.7. The number of carbonyl (C=O) groups excluding carboxylic acids is 2. The molecule has 5 heteroatoms. The Morgan fingerprint density at radius 3 is 2.75 bits per heavy atom. The zero-order valence-corrected chi connectivity index (χ0v) is 13.0. The molecule has 2 heterocycles. The molecule has 0 aliphatic carbocycles. The zero-order valence-electron chi connectivity index (χ0n) is 11.4. The molecule has 2 amide bonds. The van der Waals surface area contributed by atoms with Crippen molar-refractivity contribution in [3.63, 3.8) is 0 Å². The number of rotatable bonds is 1. The van der Waals surface area contributed by atoms with E-state index in [0.29, 0.717) is 6.54 Å². The summed E-state index contributed by atoms with van der Waals surface area (Å²) in [6.07, 6.45) is 2.79. The fourth-order valence-electron chi connectivity index (χ4n) is 3.13. The molecule has 0 N–H and O–H groups in total. The number of hydrogen-bond donors (Lipinski definition) is 0. The summed E-state index contributed by atoms with van der Waals surface area (Å²) < 4.78 is 0.911. The standard InChI is InChI=1S/C15H17BrN2O2/c1-10-14(19)17-8-3-2-7-13(17)15(20)18(10)12-6-4-5-11(16)9-12/h4-6,9-10,13H,2-3,7-8H2,1H3. The van der Waals surface area contributed by atoms with Crippen LogP contribution in [-0.4, -0.2) is 35.3 Å². The molecule has 2 saturated heterocycles. The molecule has 1 aromatic carbocycles. The topological polar surface area (TPSA) is 40.6 Å². The Morgan fingerprint density at radius 2 is 2.00 bits per heavy atom. The first-order chi connectivity index (χ1) is 9.59. The summed E-state index contributed by atoms with van der Waals surface area (Å²) in [6, 6.07) is 6.87. The van der Waals surface area contributed by atoms with Crippen molar-refractivity contribution < 1.29 is 9.59 Å². The molecule has 20 heavy (non-hydrogen) atoms. The first kappa shape index (κ1) is 13.6. The number of amides is 2. The summed E-state index contributed by atoms with van der Waals surface area (Å²) in [5.41, 5.74) is 0.787. The van der Waals surface area contributed by atoms with Crippen LogP contribution in [0.5, 0.6) is 0 Å². The molecular formula is C15H17BrN2O2. The Kier molecular flexibility index (Phi) is 3.54. The molecule has 0 bridgehead atoms. The lowest BCUT2D eigenvalue weighted by Gasteiger charge is -2.46. The zero-order chi connectivity index (χ0) is 14.3. The van der Waals surface area contributed by atoms with E-state index in [0.717, 1.165) is 29.4 Å². The van der Waals surface area contributed by atoms with Crippen LogP contribution in [0, 0.1) is 0 Å². The summed E-state index contributed by atoms with van der Waals surface area (Å²) in [5, 5.41) is 0. The average molecular weight is 337 g/mol. The van der Waals surface area contributed by atoms with E-state index in [1.807, 2.05) is 31.2 Å². The van der Waals surface area contributed by atoms with E-state index in [1.54, 1.807) is 9.80 Å². The van der Waals surface area contributed by atoms with Crippen molar-refractivity contribution in [1.29, 1.82) is 0 Å². The van der Waals surface area contributed by atoms with Gasteiger partial charge in [-0.2, -0.15) is 0 Å². The summed E-state index contributed by atoms with van der Waals surface area (Å²) in [5.74, 6) is 0.115. The van der Waals surface area contributed by atoms with E-state index in [9.17, 15) is 9.59 Å². The molecule has 1 aromatic rings. The van der Waals surface area contributed by atoms with Crippen molar-refractivity contribution in [2.45, 2.75) is 38.3 Å². The third-order valence-corrected chi connectivity index (χ3v) is 4.63. The maximum absolute atomic E-state index is 12.7. The molecule has 106 valence electrons. The highest BCUT2D eigenvalue weighted by atomic mass is 79.9. The molecule has 2 atom stereocenters. The van der Waals surface area contributed by atoms with Gasteiger partial charge in [-0.25, -0.2) is 0 Å². The van der Waals surface area contributed by atoms with E-state index in [4.69, 9.17) is 0 Å². The number of halogens is 1. The van der Waals surface area contributed by atoms with Crippen LogP contribution in [0.15, 0.2) is 28.7 Å². The Morgan fingerprint density at radius 1 is 1.20 bits per heavy atom. The highest BCUT2D eigenvalue weighted by Gasteiger charge is 2.45. The third-order valence-electron chi connectivity index (χ3n) is 4.14. The summed E-state index contributed by atoms with van der Waals surface area (Å²) >= 11 is 3.42. The monoisotopic (exact) mass is 336 g/mol. The highest BCUT2D eigenvalue weighted by molar-refractivity contribution is 9.10. The van der Waals surface area contributed by atoms with E-state index < -0.39 is 6.04 Å². The van der Waals surface area contributed by atoms with Crippen LogP contribution >= 0.6 is 15.9 Å². The fourth-order valence-corrected chi connectivity index (χ4v) is 3.52. The van der Waals surface area contributed by atoms with Gasteiger partial charge in [0.15, 0.2) is 0 Å². The largest absolute Gasteiger partial charge is 0.329 e. The highest BCUT2D eigenvalue weighted by Crippen LogP contribution is 2.31. The van der Waals surface area contributed by atoms with Gasteiger partial charge in [-0.1, -0.05) is 22.0 Å². The van der Waals surface area contributed by atoms with Gasteiger partial charge in [-0.15, -0.1) is 0 Å². The maximum atomic E-state index is 12.7. The van der Waals surface area contributed by atoms with Crippen molar-refractivity contribution in [2.24, 2.45) is 0 Å². The first-order valence-corrected chi connectivity index (χ1v) is 7.78. The molecule has 0 radical (unpaired) electrons. The van der Waals surface area contributed by atoms with Gasteiger partial charge < -0.3 is 4.90 Å². The molecule has 2 aliphatic rings. The van der Waals surface area contributed by atoms with Gasteiger partial charge in [0.2, 0.25) is 5.91 Å². The minimum atomic E-state index is -0.425. The first-order valence-electron chi connectivity index (χ1n) is 6.98. The minimum Gasteiger partial charge on any atom is -0.329 e. The number of piperidine rings is 1. The Hall–Kier alpha value is -1.36. The lowest BCUT2D eigenvalue weighted by atomic mass is 9.95. The molecule has 0 aromatic heterocycles. The summed E-state index contributed by atoms with van der Waals surface area (Å²) in [4.78, 5) is 28.7. The van der Waals surface area contributed by atoms with Crippen molar-refractivity contribution in [3.8, 4) is 0 Å². The average Bonchev–Trinajstić information content (AvgIpc) is 2.45. The molecule has 4 nitrogen and oxygen atoms in total. The molecule has 2 fully saturated rings. The van der Waals surface area contributed by atoms with Gasteiger partial charge in [-0.3, -0.25) is 14.5 Å². The number of nitrogens with zero attached hydrogens (tertiary/aromatic N) is 2. The Bertz CT molecular complexity index is 561. The number of carbonyl (C=O) groups is 2. The smallest absolute Gasteiger partial charge is 0.250 e.